The molecule has 2 aliphatic heterocycles. The van der Waals surface area contributed by atoms with Crippen LogP contribution < -0.4 is 5.32 Å². The Kier molecular flexibility index (Phi) is 4.24. The minimum Gasteiger partial charge on any atom is -0.356 e. The van der Waals surface area contributed by atoms with E-state index < -0.39 is 0 Å². The molecule has 1 saturated heterocycles. The predicted molar refractivity (Wildman–Crippen MR) is 83.2 cm³/mol. The standard InChI is InChI=1S/C15H17N3O2S/c19-13(16-7-6-11-4-2-1-3-5-11)10-12-14(20)18-9-8-17-15(18)21-12/h1-5,12H,6-10H2,(H,16,19)/t12-/m0/s1. The van der Waals surface area contributed by atoms with E-state index in [1.54, 1.807) is 4.90 Å². The van der Waals surface area contributed by atoms with Crippen molar-refractivity contribution < 1.29 is 9.59 Å². The van der Waals surface area contributed by atoms with Crippen LogP contribution in [0.1, 0.15) is 12.0 Å². The number of carbonyl (C=O) groups excluding carboxylic acids is 2. The van der Waals surface area contributed by atoms with Crippen molar-refractivity contribution in [1.82, 2.24) is 10.2 Å². The number of hydrogen-bond acceptors (Lipinski definition) is 4. The zero-order valence-corrected chi connectivity index (χ0v) is 12.4. The van der Waals surface area contributed by atoms with E-state index in [-0.39, 0.29) is 23.5 Å². The van der Waals surface area contributed by atoms with Crippen LogP contribution in [0.2, 0.25) is 0 Å². The van der Waals surface area contributed by atoms with Crippen LogP contribution in [0.4, 0.5) is 0 Å². The monoisotopic (exact) mass is 303 g/mol. The van der Waals surface area contributed by atoms with E-state index in [0.717, 1.165) is 11.6 Å². The van der Waals surface area contributed by atoms with E-state index in [9.17, 15) is 9.59 Å². The predicted octanol–water partition coefficient (Wildman–Crippen LogP) is 1.05. The van der Waals surface area contributed by atoms with Crippen molar-refractivity contribution in [3.05, 3.63) is 35.9 Å². The number of fused-ring (bicyclic) bond motifs is 1. The summed E-state index contributed by atoms with van der Waals surface area (Å²) in [5, 5.41) is 3.36. The summed E-state index contributed by atoms with van der Waals surface area (Å²) in [5.41, 5.74) is 1.19. The Morgan fingerprint density at radius 3 is 2.95 bits per heavy atom. The van der Waals surface area contributed by atoms with Gasteiger partial charge in [-0.3, -0.25) is 19.5 Å². The SMILES string of the molecule is O=C(C[C@@H]1SC2=NCCN2C1=O)NCCc1ccccc1. The molecule has 0 aliphatic carbocycles. The van der Waals surface area contributed by atoms with Gasteiger partial charge >= 0.3 is 0 Å². The number of thioether (sulfide) groups is 1. The lowest BCUT2D eigenvalue weighted by Crippen LogP contribution is -2.34. The first-order valence-electron chi connectivity index (χ1n) is 7.07. The van der Waals surface area contributed by atoms with Crippen LogP contribution in [-0.2, 0) is 16.0 Å². The number of amides is 2. The minimum atomic E-state index is -0.305. The summed E-state index contributed by atoms with van der Waals surface area (Å²) >= 11 is 1.41. The average Bonchev–Trinajstić information content (AvgIpc) is 3.05. The Morgan fingerprint density at radius 2 is 2.19 bits per heavy atom. The van der Waals surface area contributed by atoms with Gasteiger partial charge in [0.1, 0.15) is 5.25 Å². The zero-order valence-electron chi connectivity index (χ0n) is 11.6. The lowest BCUT2D eigenvalue weighted by atomic mass is 10.1. The third kappa shape index (κ3) is 3.26. The van der Waals surface area contributed by atoms with Crippen LogP contribution in [0.3, 0.4) is 0 Å². The molecule has 0 saturated carbocycles. The van der Waals surface area contributed by atoms with Crippen LogP contribution in [0.15, 0.2) is 35.3 Å². The quantitative estimate of drug-likeness (QED) is 0.884. The van der Waals surface area contributed by atoms with Crippen molar-refractivity contribution in [2.24, 2.45) is 4.99 Å². The summed E-state index contributed by atoms with van der Waals surface area (Å²) in [5.74, 6) is -0.0481. The van der Waals surface area contributed by atoms with Crippen molar-refractivity contribution in [2.45, 2.75) is 18.1 Å². The highest BCUT2D eigenvalue weighted by Crippen LogP contribution is 2.31. The Morgan fingerprint density at radius 1 is 1.38 bits per heavy atom. The van der Waals surface area contributed by atoms with E-state index in [1.807, 2.05) is 30.3 Å². The molecular weight excluding hydrogens is 286 g/mol. The fourth-order valence-electron chi connectivity index (χ4n) is 2.44. The maximum Gasteiger partial charge on any atom is 0.242 e. The summed E-state index contributed by atoms with van der Waals surface area (Å²) in [6, 6.07) is 10.0. The highest BCUT2D eigenvalue weighted by Gasteiger charge is 2.40. The number of nitrogens with one attached hydrogen (secondary N) is 1. The topological polar surface area (TPSA) is 61.8 Å². The molecular formula is C15H17N3O2S. The molecule has 110 valence electrons. The maximum atomic E-state index is 12.1. The fraction of sp³-hybridized carbons (Fsp3) is 0.400. The van der Waals surface area contributed by atoms with E-state index in [2.05, 4.69) is 10.3 Å². The van der Waals surface area contributed by atoms with Crippen molar-refractivity contribution >= 4 is 28.7 Å². The first kappa shape index (κ1) is 14.1. The molecule has 3 rings (SSSR count). The van der Waals surface area contributed by atoms with Gasteiger partial charge < -0.3 is 5.32 Å². The number of hydrogen-bond donors (Lipinski definition) is 1. The summed E-state index contributed by atoms with van der Waals surface area (Å²) in [7, 11) is 0. The van der Waals surface area contributed by atoms with Gasteiger partial charge in [-0.05, 0) is 12.0 Å². The van der Waals surface area contributed by atoms with Crippen molar-refractivity contribution in [2.75, 3.05) is 19.6 Å². The van der Waals surface area contributed by atoms with Crippen LogP contribution in [-0.4, -0.2) is 46.8 Å². The Balaban J connectivity index is 1.44. The summed E-state index contributed by atoms with van der Waals surface area (Å²) in [4.78, 5) is 29.9. The molecule has 2 aliphatic rings. The van der Waals surface area contributed by atoms with E-state index in [1.165, 1.54) is 17.3 Å². The number of amidine groups is 1. The number of benzene rings is 1. The van der Waals surface area contributed by atoms with Gasteiger partial charge in [0.05, 0.1) is 6.54 Å². The van der Waals surface area contributed by atoms with Gasteiger partial charge in [-0.15, -0.1) is 0 Å². The van der Waals surface area contributed by atoms with Crippen LogP contribution >= 0.6 is 11.8 Å². The molecule has 0 unspecified atom stereocenters. The Hall–Kier alpha value is -1.82. The van der Waals surface area contributed by atoms with Crippen LogP contribution in [0, 0.1) is 0 Å². The van der Waals surface area contributed by atoms with Gasteiger partial charge in [0.25, 0.3) is 0 Å². The summed E-state index contributed by atoms with van der Waals surface area (Å²) in [6.07, 6.45) is 1.03. The lowest BCUT2D eigenvalue weighted by molar-refractivity contribution is -0.129. The third-order valence-corrected chi connectivity index (χ3v) is 4.75. The number of nitrogens with zero attached hydrogens (tertiary/aromatic N) is 2. The normalized spacial score (nSPS) is 20.4. The molecule has 1 atom stereocenters. The lowest BCUT2D eigenvalue weighted by Gasteiger charge is -2.10. The summed E-state index contributed by atoms with van der Waals surface area (Å²) in [6.45, 7) is 1.94. The van der Waals surface area contributed by atoms with Gasteiger partial charge in [0, 0.05) is 19.5 Å². The smallest absolute Gasteiger partial charge is 0.242 e. The van der Waals surface area contributed by atoms with Gasteiger partial charge in [0.2, 0.25) is 11.8 Å². The highest BCUT2D eigenvalue weighted by molar-refractivity contribution is 8.15. The van der Waals surface area contributed by atoms with Gasteiger partial charge in [-0.2, -0.15) is 0 Å². The zero-order chi connectivity index (χ0) is 14.7. The fourth-order valence-corrected chi connectivity index (χ4v) is 3.64. The first-order valence-corrected chi connectivity index (χ1v) is 7.95. The van der Waals surface area contributed by atoms with E-state index in [0.29, 0.717) is 19.6 Å². The molecule has 0 bridgehead atoms. The number of rotatable bonds is 5. The minimum absolute atomic E-state index is 0.0226. The van der Waals surface area contributed by atoms with Crippen molar-refractivity contribution in [3.63, 3.8) is 0 Å². The van der Waals surface area contributed by atoms with Gasteiger partial charge in [0.15, 0.2) is 5.17 Å². The Bertz CT molecular complexity index is 574. The third-order valence-electron chi connectivity index (χ3n) is 3.54. The van der Waals surface area contributed by atoms with Gasteiger partial charge in [-0.1, -0.05) is 42.1 Å². The molecule has 2 amide bonds. The summed E-state index contributed by atoms with van der Waals surface area (Å²) < 4.78 is 0. The second-order valence-corrected chi connectivity index (χ2v) is 6.22. The van der Waals surface area contributed by atoms with Gasteiger partial charge in [-0.25, -0.2) is 0 Å². The molecule has 21 heavy (non-hydrogen) atoms. The molecule has 1 aromatic carbocycles. The molecule has 2 heterocycles. The molecule has 1 aromatic rings. The molecule has 6 heteroatoms. The first-order chi connectivity index (χ1) is 10.2. The van der Waals surface area contributed by atoms with Crippen LogP contribution in [0.5, 0.6) is 0 Å². The van der Waals surface area contributed by atoms with Crippen molar-refractivity contribution in [3.8, 4) is 0 Å². The molecule has 0 aromatic heterocycles. The maximum absolute atomic E-state index is 12.1. The largest absolute Gasteiger partial charge is 0.356 e. The molecule has 1 fully saturated rings. The second-order valence-electron chi connectivity index (χ2n) is 5.05. The Labute approximate surface area is 127 Å². The molecule has 0 radical (unpaired) electrons. The molecule has 1 N–H and O–H groups in total. The highest BCUT2D eigenvalue weighted by atomic mass is 32.2. The number of aliphatic imine (C=N–C) groups is 1. The average molecular weight is 303 g/mol. The number of carbonyl (C=O) groups is 2. The van der Waals surface area contributed by atoms with E-state index in [4.69, 9.17) is 0 Å². The molecule has 5 nitrogen and oxygen atoms in total. The van der Waals surface area contributed by atoms with Crippen molar-refractivity contribution in [1.29, 1.82) is 0 Å². The molecule has 0 spiro atoms. The van der Waals surface area contributed by atoms with Crippen LogP contribution in [0.25, 0.3) is 0 Å². The second kappa shape index (κ2) is 6.30. The van der Waals surface area contributed by atoms with E-state index >= 15 is 0 Å².